The lowest BCUT2D eigenvalue weighted by molar-refractivity contribution is 0.730. The maximum Gasteiger partial charge on any atom is 0.196 e. The highest BCUT2D eigenvalue weighted by molar-refractivity contribution is 7.98. The van der Waals surface area contributed by atoms with E-state index >= 15 is 0 Å². The summed E-state index contributed by atoms with van der Waals surface area (Å²) >= 11 is 1.73. The Morgan fingerprint density at radius 1 is 0.957 bits per heavy atom. The van der Waals surface area contributed by atoms with Crippen molar-refractivity contribution in [3.05, 3.63) is 71.5 Å². The molecule has 0 atom stereocenters. The number of para-hydroxylation sites is 1. The molecule has 0 N–H and O–H groups in total. The Morgan fingerprint density at radius 2 is 1.65 bits per heavy atom. The second-order valence-corrected chi connectivity index (χ2v) is 6.83. The van der Waals surface area contributed by atoms with Crippen molar-refractivity contribution in [3.8, 4) is 5.69 Å². The van der Waals surface area contributed by atoms with Crippen LogP contribution < -0.4 is 0 Å². The van der Waals surface area contributed by atoms with Gasteiger partial charge in [0.1, 0.15) is 5.82 Å². The van der Waals surface area contributed by atoms with E-state index in [2.05, 4.69) is 84.1 Å². The predicted octanol–water partition coefficient (Wildman–Crippen LogP) is 4.99. The minimum absolute atomic E-state index is 0.327. The Balaban J connectivity index is 1.96. The largest absolute Gasteiger partial charge is 0.274 e. The molecule has 0 aliphatic heterocycles. The van der Waals surface area contributed by atoms with E-state index in [1.54, 1.807) is 11.8 Å². The zero-order valence-corrected chi connectivity index (χ0v) is 14.5. The molecule has 2 aromatic carbocycles. The third-order valence-corrected chi connectivity index (χ3v) is 4.74. The molecular weight excluding hydrogens is 302 g/mol. The lowest BCUT2D eigenvalue weighted by Crippen LogP contribution is -2.06. The Bertz CT molecular complexity index is 778. The Morgan fingerprint density at radius 3 is 2.35 bits per heavy atom. The molecule has 3 nitrogen and oxygen atoms in total. The highest BCUT2D eigenvalue weighted by atomic mass is 32.2. The van der Waals surface area contributed by atoms with Crippen molar-refractivity contribution in [1.82, 2.24) is 14.8 Å². The van der Waals surface area contributed by atoms with Crippen molar-refractivity contribution in [2.75, 3.05) is 0 Å². The third-order valence-electron chi connectivity index (χ3n) is 3.74. The normalized spacial score (nSPS) is 11.1. The first-order chi connectivity index (χ1) is 11.2. The van der Waals surface area contributed by atoms with Crippen molar-refractivity contribution in [2.45, 2.75) is 37.6 Å². The van der Waals surface area contributed by atoms with E-state index in [0.29, 0.717) is 5.92 Å². The lowest BCUT2D eigenvalue weighted by atomic mass is 10.1. The van der Waals surface area contributed by atoms with Crippen LogP contribution in [0.4, 0.5) is 0 Å². The molecule has 4 heteroatoms. The number of nitrogens with zero attached hydrogens (tertiary/aromatic N) is 3. The molecule has 0 radical (unpaired) electrons. The van der Waals surface area contributed by atoms with E-state index in [-0.39, 0.29) is 0 Å². The van der Waals surface area contributed by atoms with Crippen molar-refractivity contribution < 1.29 is 0 Å². The maximum absolute atomic E-state index is 4.45. The first-order valence-electron chi connectivity index (χ1n) is 7.85. The van der Waals surface area contributed by atoms with Crippen LogP contribution in [0, 0.1) is 6.92 Å². The second kappa shape index (κ2) is 7.01. The molecule has 0 unspecified atom stereocenters. The maximum atomic E-state index is 4.45. The molecule has 0 fully saturated rings. The molecule has 1 heterocycles. The molecule has 0 aliphatic carbocycles. The molecule has 0 spiro atoms. The number of benzene rings is 2. The van der Waals surface area contributed by atoms with Gasteiger partial charge in [-0.25, -0.2) is 0 Å². The molecule has 23 heavy (non-hydrogen) atoms. The van der Waals surface area contributed by atoms with E-state index in [0.717, 1.165) is 22.4 Å². The second-order valence-electron chi connectivity index (χ2n) is 5.89. The van der Waals surface area contributed by atoms with E-state index < -0.39 is 0 Å². The summed E-state index contributed by atoms with van der Waals surface area (Å²) < 4.78 is 2.20. The average Bonchev–Trinajstić information content (AvgIpc) is 2.98. The van der Waals surface area contributed by atoms with Crippen LogP contribution >= 0.6 is 11.8 Å². The highest BCUT2D eigenvalue weighted by Gasteiger charge is 2.18. The molecule has 0 amide bonds. The van der Waals surface area contributed by atoms with Gasteiger partial charge in [0.15, 0.2) is 5.16 Å². The summed E-state index contributed by atoms with van der Waals surface area (Å²) in [6.07, 6.45) is 0. The Kier molecular flexibility index (Phi) is 4.82. The average molecular weight is 323 g/mol. The van der Waals surface area contributed by atoms with E-state index in [9.17, 15) is 0 Å². The summed E-state index contributed by atoms with van der Waals surface area (Å²) in [6, 6.07) is 18.9. The van der Waals surface area contributed by atoms with Crippen molar-refractivity contribution >= 4 is 11.8 Å². The summed E-state index contributed by atoms with van der Waals surface area (Å²) in [5.41, 5.74) is 3.69. The molecule has 1 aromatic heterocycles. The van der Waals surface area contributed by atoms with Gasteiger partial charge in [0.2, 0.25) is 0 Å². The smallest absolute Gasteiger partial charge is 0.196 e. The van der Waals surface area contributed by atoms with E-state index in [4.69, 9.17) is 0 Å². The molecule has 3 aromatic rings. The monoisotopic (exact) mass is 323 g/mol. The molecule has 0 aliphatic rings. The van der Waals surface area contributed by atoms with Gasteiger partial charge in [0.25, 0.3) is 0 Å². The number of hydrogen-bond donors (Lipinski definition) is 0. The fourth-order valence-electron chi connectivity index (χ4n) is 2.51. The molecule has 0 saturated heterocycles. The Hall–Kier alpha value is -2.07. The summed E-state index contributed by atoms with van der Waals surface area (Å²) in [7, 11) is 0. The van der Waals surface area contributed by atoms with Crippen LogP contribution in [0.2, 0.25) is 0 Å². The van der Waals surface area contributed by atoms with Crippen LogP contribution in [0.3, 0.4) is 0 Å². The van der Waals surface area contributed by atoms with Gasteiger partial charge in [-0.15, -0.1) is 10.2 Å². The highest BCUT2D eigenvalue weighted by Crippen LogP contribution is 2.29. The summed E-state index contributed by atoms with van der Waals surface area (Å²) in [6.45, 7) is 6.44. The number of hydrogen-bond acceptors (Lipinski definition) is 3. The van der Waals surface area contributed by atoms with Crippen molar-refractivity contribution in [3.63, 3.8) is 0 Å². The third kappa shape index (κ3) is 3.48. The fraction of sp³-hybridized carbons (Fsp3) is 0.263. The number of thioether (sulfide) groups is 1. The molecule has 118 valence electrons. The fourth-order valence-corrected chi connectivity index (χ4v) is 3.42. The SMILES string of the molecule is Cc1ccccc1-n1c(SCc2ccccc2)nnc1C(C)C. The van der Waals surface area contributed by atoms with Crippen LogP contribution in [0.1, 0.15) is 36.7 Å². The van der Waals surface area contributed by atoms with Crippen LogP contribution in [-0.2, 0) is 5.75 Å². The van der Waals surface area contributed by atoms with Gasteiger partial charge in [0, 0.05) is 11.7 Å². The van der Waals surface area contributed by atoms with Gasteiger partial charge in [-0.1, -0.05) is 74.1 Å². The number of aryl methyl sites for hydroxylation is 1. The number of aromatic nitrogens is 3. The van der Waals surface area contributed by atoms with Gasteiger partial charge >= 0.3 is 0 Å². The molecule has 0 saturated carbocycles. The zero-order valence-electron chi connectivity index (χ0n) is 13.7. The molecule has 3 rings (SSSR count). The first-order valence-corrected chi connectivity index (χ1v) is 8.83. The topological polar surface area (TPSA) is 30.7 Å². The van der Waals surface area contributed by atoms with Crippen molar-refractivity contribution in [2.24, 2.45) is 0 Å². The molecular formula is C19H21N3S. The minimum atomic E-state index is 0.327. The standard InChI is InChI=1S/C19H21N3S/c1-14(2)18-20-21-19(23-13-16-10-5-4-6-11-16)22(18)17-12-8-7-9-15(17)3/h4-12,14H,13H2,1-3H3. The predicted molar refractivity (Wildman–Crippen MR) is 96.2 cm³/mol. The Labute approximate surface area is 141 Å². The van der Waals surface area contributed by atoms with Crippen LogP contribution in [0.5, 0.6) is 0 Å². The van der Waals surface area contributed by atoms with Gasteiger partial charge < -0.3 is 0 Å². The van der Waals surface area contributed by atoms with Crippen LogP contribution in [-0.4, -0.2) is 14.8 Å². The van der Waals surface area contributed by atoms with Gasteiger partial charge in [-0.3, -0.25) is 4.57 Å². The van der Waals surface area contributed by atoms with E-state index in [1.165, 1.54) is 11.1 Å². The zero-order chi connectivity index (χ0) is 16.2. The molecule has 0 bridgehead atoms. The lowest BCUT2D eigenvalue weighted by Gasteiger charge is -2.14. The summed E-state index contributed by atoms with van der Waals surface area (Å²) in [5.74, 6) is 2.23. The quantitative estimate of drug-likeness (QED) is 0.620. The van der Waals surface area contributed by atoms with Gasteiger partial charge in [-0.2, -0.15) is 0 Å². The summed E-state index contributed by atoms with van der Waals surface area (Å²) in [5, 5.41) is 9.83. The van der Waals surface area contributed by atoms with Crippen LogP contribution in [0.25, 0.3) is 5.69 Å². The minimum Gasteiger partial charge on any atom is -0.274 e. The number of rotatable bonds is 5. The first kappa shape index (κ1) is 15.8. The summed E-state index contributed by atoms with van der Waals surface area (Å²) in [4.78, 5) is 0. The van der Waals surface area contributed by atoms with Crippen LogP contribution in [0.15, 0.2) is 59.8 Å². The van der Waals surface area contributed by atoms with Gasteiger partial charge in [0.05, 0.1) is 5.69 Å². The van der Waals surface area contributed by atoms with E-state index in [1.807, 2.05) is 6.07 Å². The van der Waals surface area contributed by atoms with Gasteiger partial charge in [-0.05, 0) is 24.1 Å². The van der Waals surface area contributed by atoms with Crippen molar-refractivity contribution in [1.29, 1.82) is 0 Å².